The highest BCUT2D eigenvalue weighted by molar-refractivity contribution is 5.92. The second-order valence-electron chi connectivity index (χ2n) is 11.8. The van der Waals surface area contributed by atoms with E-state index in [9.17, 15) is 14.4 Å². The number of nitrogens with zero attached hydrogens (tertiary/aromatic N) is 1. The number of carbonyl (C=O) groups excluding carboxylic acids is 3. The number of rotatable bonds is 12. The molecule has 2 N–H and O–H groups in total. The summed E-state index contributed by atoms with van der Waals surface area (Å²) in [6, 6.07) is 6.11. The lowest BCUT2D eigenvalue weighted by Crippen LogP contribution is -2.54. The van der Waals surface area contributed by atoms with Gasteiger partial charge in [0.15, 0.2) is 0 Å². The van der Waals surface area contributed by atoms with Gasteiger partial charge in [0.05, 0.1) is 0 Å². The summed E-state index contributed by atoms with van der Waals surface area (Å²) < 4.78 is 5.47. The summed E-state index contributed by atoms with van der Waals surface area (Å²) in [4.78, 5) is 42.5. The van der Waals surface area contributed by atoms with Crippen LogP contribution in [-0.4, -0.2) is 47.0 Å². The van der Waals surface area contributed by atoms with Gasteiger partial charge < -0.3 is 20.3 Å². The minimum Gasteiger partial charge on any atom is -0.444 e. The van der Waals surface area contributed by atoms with E-state index in [4.69, 9.17) is 4.74 Å². The maximum atomic E-state index is 14.2. The molecule has 7 heteroatoms. The second kappa shape index (κ2) is 14.9. The normalized spacial score (nSPS) is 15.9. The Balaban J connectivity index is 2.48. The Labute approximate surface area is 229 Å². The molecule has 3 amide bonds. The van der Waals surface area contributed by atoms with Crippen LogP contribution in [0.5, 0.6) is 0 Å². The number of hydrogen-bond donors (Lipinski definition) is 2. The van der Waals surface area contributed by atoms with Crippen LogP contribution in [0.2, 0.25) is 0 Å². The summed E-state index contributed by atoms with van der Waals surface area (Å²) in [5.74, 6) is -0.306. The first-order chi connectivity index (χ1) is 17.9. The zero-order valence-electron chi connectivity index (χ0n) is 24.3. The number of amides is 3. The number of unbranched alkanes of at least 4 members (excludes halogenated alkanes) is 1. The summed E-state index contributed by atoms with van der Waals surface area (Å²) in [7, 11) is 0. The predicted molar refractivity (Wildman–Crippen MR) is 154 cm³/mol. The smallest absolute Gasteiger partial charge is 0.408 e. The van der Waals surface area contributed by atoms with Crippen LogP contribution in [0.15, 0.2) is 30.8 Å². The van der Waals surface area contributed by atoms with E-state index in [1.807, 2.05) is 38.1 Å². The number of hydrogen-bond acceptors (Lipinski definition) is 4. The van der Waals surface area contributed by atoms with Gasteiger partial charge in [0.25, 0.3) is 0 Å². The summed E-state index contributed by atoms with van der Waals surface area (Å²) in [5, 5.41) is 6.06. The van der Waals surface area contributed by atoms with Crippen molar-refractivity contribution in [2.45, 2.75) is 117 Å². The van der Waals surface area contributed by atoms with Crippen molar-refractivity contribution in [3.63, 3.8) is 0 Å². The Morgan fingerprint density at radius 3 is 2.42 bits per heavy atom. The van der Waals surface area contributed by atoms with Crippen LogP contribution in [0.3, 0.4) is 0 Å². The Bertz CT molecular complexity index is 931. The largest absolute Gasteiger partial charge is 0.444 e. The van der Waals surface area contributed by atoms with Crippen molar-refractivity contribution >= 4 is 24.0 Å². The number of benzene rings is 1. The maximum Gasteiger partial charge on any atom is 0.408 e. The number of ether oxygens (including phenoxy) is 1. The monoisotopic (exact) mass is 527 g/mol. The lowest BCUT2D eigenvalue weighted by atomic mass is 9.94. The van der Waals surface area contributed by atoms with Gasteiger partial charge in [-0.15, -0.1) is 0 Å². The molecule has 1 aromatic rings. The van der Waals surface area contributed by atoms with Crippen LogP contribution in [0.4, 0.5) is 4.79 Å². The molecule has 2 unspecified atom stereocenters. The summed E-state index contributed by atoms with van der Waals surface area (Å²) in [6.07, 6.45) is 8.41. The van der Waals surface area contributed by atoms with E-state index in [-0.39, 0.29) is 23.8 Å². The van der Waals surface area contributed by atoms with Crippen LogP contribution in [-0.2, 0) is 14.3 Å². The van der Waals surface area contributed by atoms with Crippen LogP contribution < -0.4 is 10.6 Å². The first-order valence-corrected chi connectivity index (χ1v) is 14.3. The van der Waals surface area contributed by atoms with Crippen LogP contribution in [0.1, 0.15) is 110 Å². The standard InChI is InChI=1S/C31H49N3O4/c1-8-10-19-34(29(36)26(20-22(3)4)33-30(37)38-31(5,6)7)27(24-16-14-15-23(9-2)21-24)28(35)32-25-17-12-11-13-18-25/h9,14-16,21-22,25-27H,2,8,10-13,17-20H2,1,3-7H3,(H,32,35)(H,33,37). The van der Waals surface area contributed by atoms with E-state index in [0.717, 1.165) is 49.7 Å². The van der Waals surface area contributed by atoms with Crippen LogP contribution in [0, 0.1) is 5.92 Å². The Kier molecular flexibility index (Phi) is 12.3. The van der Waals surface area contributed by atoms with Gasteiger partial charge in [-0.3, -0.25) is 9.59 Å². The van der Waals surface area contributed by atoms with Gasteiger partial charge in [0, 0.05) is 12.6 Å². The third kappa shape index (κ3) is 10.1. The average Bonchev–Trinajstić information content (AvgIpc) is 2.84. The van der Waals surface area contributed by atoms with Crippen LogP contribution >= 0.6 is 0 Å². The molecule has 212 valence electrons. The summed E-state index contributed by atoms with van der Waals surface area (Å²) in [6.45, 7) is 15.7. The van der Waals surface area contributed by atoms with E-state index in [2.05, 4.69) is 24.1 Å². The molecule has 0 saturated heterocycles. The van der Waals surface area contributed by atoms with Crippen molar-refractivity contribution in [3.05, 3.63) is 42.0 Å². The molecule has 1 aliphatic carbocycles. The highest BCUT2D eigenvalue weighted by Crippen LogP contribution is 2.27. The van der Waals surface area contributed by atoms with E-state index < -0.39 is 23.8 Å². The second-order valence-corrected chi connectivity index (χ2v) is 11.8. The molecule has 0 spiro atoms. The molecule has 2 atom stereocenters. The quantitative estimate of drug-likeness (QED) is 0.330. The number of nitrogens with one attached hydrogen (secondary N) is 2. The molecule has 38 heavy (non-hydrogen) atoms. The fourth-order valence-corrected chi connectivity index (χ4v) is 4.89. The molecule has 0 bridgehead atoms. The third-order valence-corrected chi connectivity index (χ3v) is 6.71. The lowest BCUT2D eigenvalue weighted by Gasteiger charge is -2.36. The fraction of sp³-hybridized carbons (Fsp3) is 0.645. The van der Waals surface area contributed by atoms with Crippen molar-refractivity contribution in [1.82, 2.24) is 15.5 Å². The lowest BCUT2D eigenvalue weighted by molar-refractivity contribution is -0.143. The fourth-order valence-electron chi connectivity index (χ4n) is 4.89. The average molecular weight is 528 g/mol. The third-order valence-electron chi connectivity index (χ3n) is 6.71. The molecule has 1 aliphatic rings. The van der Waals surface area contributed by atoms with Gasteiger partial charge >= 0.3 is 6.09 Å². The molecule has 0 radical (unpaired) electrons. The first kappa shape index (κ1) is 31.4. The van der Waals surface area contributed by atoms with Crippen molar-refractivity contribution in [3.8, 4) is 0 Å². The van der Waals surface area contributed by atoms with Gasteiger partial charge in [0.1, 0.15) is 17.7 Å². The Morgan fingerprint density at radius 1 is 1.16 bits per heavy atom. The van der Waals surface area contributed by atoms with Gasteiger partial charge in [-0.05, 0) is 69.6 Å². The molecule has 7 nitrogen and oxygen atoms in total. The van der Waals surface area contributed by atoms with Crippen LogP contribution in [0.25, 0.3) is 6.08 Å². The maximum absolute atomic E-state index is 14.2. The van der Waals surface area contributed by atoms with Crippen molar-refractivity contribution in [1.29, 1.82) is 0 Å². The zero-order chi connectivity index (χ0) is 28.3. The minimum absolute atomic E-state index is 0.107. The molecule has 0 heterocycles. The summed E-state index contributed by atoms with van der Waals surface area (Å²) in [5.41, 5.74) is 0.928. The van der Waals surface area contributed by atoms with E-state index in [0.29, 0.717) is 13.0 Å². The number of alkyl carbamates (subject to hydrolysis) is 1. The molecular formula is C31H49N3O4. The highest BCUT2D eigenvalue weighted by atomic mass is 16.6. The van der Waals surface area contributed by atoms with Gasteiger partial charge in [-0.2, -0.15) is 0 Å². The van der Waals surface area contributed by atoms with E-state index in [1.165, 1.54) is 6.42 Å². The zero-order valence-corrected chi connectivity index (χ0v) is 24.3. The minimum atomic E-state index is -0.814. The van der Waals surface area contributed by atoms with Gasteiger partial charge in [-0.25, -0.2) is 4.79 Å². The van der Waals surface area contributed by atoms with Crippen molar-refractivity contribution in [2.24, 2.45) is 5.92 Å². The summed E-state index contributed by atoms with van der Waals surface area (Å²) >= 11 is 0. The first-order valence-electron chi connectivity index (χ1n) is 14.3. The van der Waals surface area contributed by atoms with E-state index in [1.54, 1.807) is 31.7 Å². The van der Waals surface area contributed by atoms with Crippen molar-refractivity contribution < 1.29 is 19.1 Å². The van der Waals surface area contributed by atoms with E-state index >= 15 is 0 Å². The molecule has 1 saturated carbocycles. The molecule has 0 aromatic heterocycles. The molecule has 1 fully saturated rings. The van der Waals surface area contributed by atoms with Crippen molar-refractivity contribution in [2.75, 3.05) is 6.54 Å². The highest BCUT2D eigenvalue weighted by Gasteiger charge is 2.37. The predicted octanol–water partition coefficient (Wildman–Crippen LogP) is 6.39. The Morgan fingerprint density at radius 2 is 1.84 bits per heavy atom. The topological polar surface area (TPSA) is 87.7 Å². The molecule has 0 aliphatic heterocycles. The van der Waals surface area contributed by atoms with Gasteiger partial charge in [0.2, 0.25) is 11.8 Å². The SMILES string of the molecule is C=Cc1cccc(C(C(=O)NC2CCCCC2)N(CCCC)C(=O)C(CC(C)C)NC(=O)OC(C)(C)C)c1. The molecule has 1 aromatic carbocycles. The molecular weight excluding hydrogens is 478 g/mol. The number of carbonyl (C=O) groups is 3. The Hall–Kier alpha value is -2.83. The molecule has 2 rings (SSSR count). The van der Waals surface area contributed by atoms with Gasteiger partial charge in [-0.1, -0.05) is 77.3 Å².